The van der Waals surface area contributed by atoms with Gasteiger partial charge in [0.25, 0.3) is 0 Å². The van der Waals surface area contributed by atoms with Crippen LogP contribution in [0.15, 0.2) is 59.5 Å². The first-order valence-electron chi connectivity index (χ1n) is 7.74. The number of likely N-dealkylation sites (N-methyl/N-ethyl adjacent to an activating group) is 1. The molecule has 0 aliphatic heterocycles. The molecule has 128 valence electrons. The molecule has 0 fully saturated rings. The second-order valence-corrected chi connectivity index (χ2v) is 7.65. The van der Waals surface area contributed by atoms with Crippen LogP contribution < -0.4 is 5.32 Å². The van der Waals surface area contributed by atoms with Crippen molar-refractivity contribution < 1.29 is 13.2 Å². The van der Waals surface area contributed by atoms with Crippen LogP contribution in [0.25, 0.3) is 0 Å². The Bertz CT molecular complexity index is 789. The van der Waals surface area contributed by atoms with Gasteiger partial charge in [-0.15, -0.1) is 0 Å². The highest BCUT2D eigenvalue weighted by Crippen LogP contribution is 2.13. The van der Waals surface area contributed by atoms with Crippen LogP contribution in [0.4, 0.5) is 0 Å². The molecule has 5 nitrogen and oxygen atoms in total. The number of nitrogens with zero attached hydrogens (tertiary/aromatic N) is 1. The van der Waals surface area contributed by atoms with Gasteiger partial charge in [-0.2, -0.15) is 4.31 Å². The summed E-state index contributed by atoms with van der Waals surface area (Å²) in [5.74, 6) is -0.314. The Morgan fingerprint density at radius 2 is 1.67 bits per heavy atom. The molecule has 6 heteroatoms. The summed E-state index contributed by atoms with van der Waals surface area (Å²) in [6, 6.07) is 16.1. The van der Waals surface area contributed by atoms with Crippen LogP contribution in [-0.4, -0.2) is 38.8 Å². The van der Waals surface area contributed by atoms with Crippen molar-refractivity contribution in [1.82, 2.24) is 9.62 Å². The van der Waals surface area contributed by atoms with Crippen LogP contribution in [0.2, 0.25) is 0 Å². The third-order valence-electron chi connectivity index (χ3n) is 3.80. The second kappa shape index (κ2) is 8.08. The quantitative estimate of drug-likeness (QED) is 0.833. The number of rotatable bonds is 7. The van der Waals surface area contributed by atoms with Crippen molar-refractivity contribution in [3.63, 3.8) is 0 Å². The van der Waals surface area contributed by atoms with E-state index in [2.05, 4.69) is 5.32 Å². The molecule has 0 radical (unpaired) electrons. The zero-order chi connectivity index (χ0) is 17.6. The topological polar surface area (TPSA) is 66.5 Å². The van der Waals surface area contributed by atoms with Crippen LogP contribution in [0, 0.1) is 6.92 Å². The molecule has 0 saturated heterocycles. The van der Waals surface area contributed by atoms with Crippen molar-refractivity contribution in [2.24, 2.45) is 0 Å². The first-order valence-corrected chi connectivity index (χ1v) is 9.18. The van der Waals surface area contributed by atoms with E-state index in [1.54, 1.807) is 18.2 Å². The third-order valence-corrected chi connectivity index (χ3v) is 5.61. The zero-order valence-electron chi connectivity index (χ0n) is 13.9. The van der Waals surface area contributed by atoms with E-state index >= 15 is 0 Å². The Morgan fingerprint density at radius 1 is 1.04 bits per heavy atom. The molecular formula is C18H22N2O3S. The van der Waals surface area contributed by atoms with E-state index in [4.69, 9.17) is 0 Å². The summed E-state index contributed by atoms with van der Waals surface area (Å²) in [6.45, 7) is 2.30. The lowest BCUT2D eigenvalue weighted by Gasteiger charge is -2.17. The average molecular weight is 346 g/mol. The molecule has 0 atom stereocenters. The largest absolute Gasteiger partial charge is 0.355 e. The molecule has 0 saturated carbocycles. The standard InChI is InChI=1S/C18H22N2O3S/c1-15-8-6-7-9-16(15)12-13-19-18(21)14-20(2)24(22,23)17-10-4-3-5-11-17/h3-11H,12-14H2,1-2H3,(H,19,21). The minimum Gasteiger partial charge on any atom is -0.355 e. The van der Waals surface area contributed by atoms with Crippen LogP contribution >= 0.6 is 0 Å². The van der Waals surface area contributed by atoms with Gasteiger partial charge in [0.15, 0.2) is 0 Å². The first kappa shape index (κ1) is 18.2. The molecule has 1 N–H and O–H groups in total. The lowest BCUT2D eigenvalue weighted by molar-refractivity contribution is -0.121. The van der Waals surface area contributed by atoms with Gasteiger partial charge in [0, 0.05) is 13.6 Å². The maximum absolute atomic E-state index is 12.4. The minimum absolute atomic E-state index is 0.181. The molecule has 24 heavy (non-hydrogen) atoms. The first-order chi connectivity index (χ1) is 11.4. The Kier molecular flexibility index (Phi) is 6.11. The van der Waals surface area contributed by atoms with Gasteiger partial charge in [0.1, 0.15) is 0 Å². The molecule has 0 bridgehead atoms. The van der Waals surface area contributed by atoms with Crippen molar-refractivity contribution in [3.8, 4) is 0 Å². The summed E-state index contributed by atoms with van der Waals surface area (Å²) in [7, 11) is -2.24. The molecule has 0 aromatic heterocycles. The highest BCUT2D eigenvalue weighted by molar-refractivity contribution is 7.89. The number of sulfonamides is 1. The number of nitrogens with one attached hydrogen (secondary N) is 1. The van der Waals surface area contributed by atoms with Crippen molar-refractivity contribution in [2.75, 3.05) is 20.1 Å². The Labute approximate surface area is 143 Å². The fourth-order valence-corrected chi connectivity index (χ4v) is 3.49. The molecule has 1 amide bonds. The maximum atomic E-state index is 12.4. The van der Waals surface area contributed by atoms with E-state index in [0.29, 0.717) is 13.0 Å². The van der Waals surface area contributed by atoms with E-state index < -0.39 is 10.0 Å². The van der Waals surface area contributed by atoms with Crippen molar-refractivity contribution in [2.45, 2.75) is 18.2 Å². The van der Waals surface area contributed by atoms with E-state index in [-0.39, 0.29) is 17.3 Å². The van der Waals surface area contributed by atoms with Gasteiger partial charge >= 0.3 is 0 Å². The SMILES string of the molecule is Cc1ccccc1CCNC(=O)CN(C)S(=O)(=O)c1ccccc1. The lowest BCUT2D eigenvalue weighted by atomic mass is 10.1. The van der Waals surface area contributed by atoms with Gasteiger partial charge in [-0.25, -0.2) is 8.42 Å². The normalized spacial score (nSPS) is 11.5. The van der Waals surface area contributed by atoms with Gasteiger partial charge in [0.05, 0.1) is 11.4 Å². The Balaban J connectivity index is 1.87. The summed E-state index contributed by atoms with van der Waals surface area (Å²) in [6.07, 6.45) is 0.716. The van der Waals surface area contributed by atoms with Gasteiger partial charge in [-0.05, 0) is 36.6 Å². The number of hydrogen-bond acceptors (Lipinski definition) is 3. The molecule has 0 aliphatic rings. The molecule has 0 aliphatic carbocycles. The predicted molar refractivity (Wildman–Crippen MR) is 94.2 cm³/mol. The van der Waals surface area contributed by atoms with Crippen LogP contribution in [0.5, 0.6) is 0 Å². The fraction of sp³-hybridized carbons (Fsp3) is 0.278. The summed E-state index contributed by atoms with van der Waals surface area (Å²) < 4.78 is 25.8. The third kappa shape index (κ3) is 4.66. The predicted octanol–water partition coefficient (Wildman–Crippen LogP) is 1.97. The molecule has 0 spiro atoms. The molecule has 2 rings (SSSR count). The van der Waals surface area contributed by atoms with Crippen molar-refractivity contribution in [3.05, 3.63) is 65.7 Å². The number of carbonyl (C=O) groups is 1. The average Bonchev–Trinajstić information content (AvgIpc) is 2.57. The molecule has 2 aromatic carbocycles. The molecular weight excluding hydrogens is 324 g/mol. The summed E-state index contributed by atoms with van der Waals surface area (Å²) in [5, 5.41) is 2.77. The zero-order valence-corrected chi connectivity index (χ0v) is 14.7. The van der Waals surface area contributed by atoms with Crippen LogP contribution in [0.3, 0.4) is 0 Å². The second-order valence-electron chi connectivity index (χ2n) is 5.60. The number of aryl methyl sites for hydroxylation is 1. The fourth-order valence-electron chi connectivity index (χ4n) is 2.34. The van der Waals surface area contributed by atoms with E-state index in [1.807, 2.05) is 31.2 Å². The number of amides is 1. The van der Waals surface area contributed by atoms with Gasteiger partial charge in [-0.1, -0.05) is 42.5 Å². The Morgan fingerprint density at radius 3 is 2.33 bits per heavy atom. The highest BCUT2D eigenvalue weighted by atomic mass is 32.2. The Hall–Kier alpha value is -2.18. The van der Waals surface area contributed by atoms with E-state index in [0.717, 1.165) is 4.31 Å². The van der Waals surface area contributed by atoms with E-state index in [1.165, 1.54) is 30.3 Å². The maximum Gasteiger partial charge on any atom is 0.243 e. The van der Waals surface area contributed by atoms with Crippen LogP contribution in [0.1, 0.15) is 11.1 Å². The molecule has 2 aromatic rings. The summed E-state index contributed by atoms with van der Waals surface area (Å²) in [4.78, 5) is 12.2. The summed E-state index contributed by atoms with van der Waals surface area (Å²) >= 11 is 0. The van der Waals surface area contributed by atoms with Gasteiger partial charge < -0.3 is 5.32 Å². The van der Waals surface area contributed by atoms with Crippen LogP contribution in [-0.2, 0) is 21.2 Å². The van der Waals surface area contributed by atoms with Gasteiger partial charge in [-0.3, -0.25) is 4.79 Å². The minimum atomic E-state index is -3.65. The van der Waals surface area contributed by atoms with Crippen molar-refractivity contribution >= 4 is 15.9 Å². The lowest BCUT2D eigenvalue weighted by Crippen LogP contribution is -2.39. The van der Waals surface area contributed by atoms with Gasteiger partial charge in [0.2, 0.25) is 15.9 Å². The number of carbonyl (C=O) groups excluding carboxylic acids is 1. The van der Waals surface area contributed by atoms with Crippen molar-refractivity contribution in [1.29, 1.82) is 0 Å². The molecule has 0 unspecified atom stereocenters. The highest BCUT2D eigenvalue weighted by Gasteiger charge is 2.22. The number of benzene rings is 2. The monoisotopic (exact) mass is 346 g/mol. The molecule has 0 heterocycles. The smallest absolute Gasteiger partial charge is 0.243 e. The number of hydrogen-bond donors (Lipinski definition) is 1. The summed E-state index contributed by atoms with van der Waals surface area (Å²) in [5.41, 5.74) is 2.35. The van der Waals surface area contributed by atoms with E-state index in [9.17, 15) is 13.2 Å².